The maximum Gasteiger partial charge on any atom is 0.225 e. The van der Waals surface area contributed by atoms with E-state index >= 15 is 0 Å². The second-order valence-electron chi connectivity index (χ2n) is 7.61. The summed E-state index contributed by atoms with van der Waals surface area (Å²) in [5.74, 6) is 0.0499. The number of Topliss-reactive ketones (excluding diaryl/α,β-unsaturated/α-hetero) is 1. The average Bonchev–Trinajstić information content (AvgIpc) is 3.05. The lowest BCUT2D eigenvalue weighted by Gasteiger charge is -2.37. The summed E-state index contributed by atoms with van der Waals surface area (Å²) in [6, 6.07) is 15.2. The maximum absolute atomic E-state index is 12.8. The third-order valence-electron chi connectivity index (χ3n) is 5.71. The van der Waals surface area contributed by atoms with Gasteiger partial charge in [0.25, 0.3) is 0 Å². The van der Waals surface area contributed by atoms with Crippen LogP contribution in [0.15, 0.2) is 60.3 Å². The van der Waals surface area contributed by atoms with Crippen molar-refractivity contribution in [2.24, 2.45) is 5.92 Å². The number of aliphatic hydroxyl groups is 1. The molecule has 1 aromatic heterocycles. The van der Waals surface area contributed by atoms with Gasteiger partial charge in [-0.05, 0) is 48.4 Å². The molecule has 0 saturated heterocycles. The van der Waals surface area contributed by atoms with Crippen LogP contribution in [0, 0.1) is 5.92 Å². The first-order valence-electron chi connectivity index (χ1n) is 9.81. The fourth-order valence-corrected chi connectivity index (χ4v) is 4.15. The minimum absolute atomic E-state index is 0.0578. The first-order chi connectivity index (χ1) is 13.6. The Labute approximate surface area is 164 Å². The highest BCUT2D eigenvalue weighted by Gasteiger charge is 2.36. The van der Waals surface area contributed by atoms with E-state index in [1.807, 2.05) is 48.5 Å². The van der Waals surface area contributed by atoms with Crippen LogP contribution in [0.25, 0.3) is 5.57 Å². The van der Waals surface area contributed by atoms with Crippen molar-refractivity contribution in [2.75, 3.05) is 0 Å². The van der Waals surface area contributed by atoms with E-state index in [1.54, 1.807) is 6.20 Å². The normalized spacial score (nSPS) is 22.7. The largest absolute Gasteiger partial charge is 0.393 e. The van der Waals surface area contributed by atoms with E-state index in [-0.39, 0.29) is 36.2 Å². The van der Waals surface area contributed by atoms with Gasteiger partial charge in [0, 0.05) is 18.2 Å². The lowest BCUT2D eigenvalue weighted by atomic mass is 9.76. The Hall–Kier alpha value is -2.79. The minimum Gasteiger partial charge on any atom is -0.393 e. The zero-order chi connectivity index (χ0) is 19.5. The Bertz CT molecular complexity index is 887. The predicted molar refractivity (Wildman–Crippen MR) is 106 cm³/mol. The lowest BCUT2D eigenvalue weighted by Crippen LogP contribution is -2.42. The zero-order valence-corrected chi connectivity index (χ0v) is 15.7. The number of nitrogens with one attached hydrogen (secondary N) is 1. The number of aromatic nitrogens is 1. The van der Waals surface area contributed by atoms with Gasteiger partial charge in [-0.2, -0.15) is 0 Å². The number of pyridine rings is 1. The van der Waals surface area contributed by atoms with Crippen molar-refractivity contribution in [1.29, 1.82) is 0 Å². The summed E-state index contributed by atoms with van der Waals surface area (Å²) in [6.07, 6.45) is 3.94. The van der Waals surface area contributed by atoms with Gasteiger partial charge >= 0.3 is 0 Å². The van der Waals surface area contributed by atoms with Crippen molar-refractivity contribution >= 4 is 17.3 Å². The van der Waals surface area contributed by atoms with Crippen molar-refractivity contribution in [1.82, 2.24) is 10.3 Å². The summed E-state index contributed by atoms with van der Waals surface area (Å²) in [5.41, 5.74) is 3.41. The molecule has 2 aliphatic rings. The predicted octanol–water partition coefficient (Wildman–Crippen LogP) is 3.22. The Morgan fingerprint density at radius 3 is 2.54 bits per heavy atom. The maximum atomic E-state index is 12.8. The van der Waals surface area contributed by atoms with Crippen LogP contribution in [0.4, 0.5) is 0 Å². The lowest BCUT2D eigenvalue weighted by molar-refractivity contribution is -0.124. The minimum atomic E-state index is -0.308. The molecule has 5 heteroatoms. The van der Waals surface area contributed by atoms with Crippen molar-refractivity contribution < 1.29 is 14.7 Å². The number of hydrogen-bond acceptors (Lipinski definition) is 4. The van der Waals surface area contributed by atoms with E-state index in [2.05, 4.69) is 10.3 Å². The third-order valence-corrected chi connectivity index (χ3v) is 5.71. The zero-order valence-electron chi connectivity index (χ0n) is 15.7. The monoisotopic (exact) mass is 376 g/mol. The molecule has 0 spiro atoms. The van der Waals surface area contributed by atoms with Crippen LogP contribution >= 0.6 is 0 Å². The van der Waals surface area contributed by atoms with Crippen molar-refractivity contribution in [2.45, 2.75) is 44.2 Å². The highest BCUT2D eigenvalue weighted by molar-refractivity contribution is 6.10. The second-order valence-corrected chi connectivity index (χ2v) is 7.61. The summed E-state index contributed by atoms with van der Waals surface area (Å²) >= 11 is 0. The van der Waals surface area contributed by atoms with Gasteiger partial charge in [-0.1, -0.05) is 36.4 Å². The number of ketones is 1. The highest BCUT2D eigenvalue weighted by atomic mass is 16.3. The molecule has 1 aromatic carbocycles. The Kier molecular flexibility index (Phi) is 5.35. The number of nitrogens with zero attached hydrogens (tertiary/aromatic N) is 1. The van der Waals surface area contributed by atoms with Crippen molar-refractivity contribution in [3.63, 3.8) is 0 Å². The van der Waals surface area contributed by atoms with Crippen molar-refractivity contribution in [3.05, 3.63) is 71.6 Å². The number of amides is 1. The van der Waals surface area contributed by atoms with Crippen LogP contribution in [-0.2, 0) is 9.59 Å². The molecule has 2 aliphatic carbocycles. The van der Waals surface area contributed by atoms with E-state index in [4.69, 9.17) is 0 Å². The number of carbonyl (C=O) groups excluding carboxylic acids is 2. The molecule has 0 radical (unpaired) electrons. The fourth-order valence-electron chi connectivity index (χ4n) is 4.15. The summed E-state index contributed by atoms with van der Waals surface area (Å²) in [5, 5.41) is 12.8. The Morgan fingerprint density at radius 2 is 1.86 bits per heavy atom. The molecular formula is C23H24N2O3. The number of allylic oxidation sites excluding steroid dienone is 1. The van der Waals surface area contributed by atoms with Crippen LogP contribution < -0.4 is 5.32 Å². The van der Waals surface area contributed by atoms with Gasteiger partial charge in [-0.3, -0.25) is 14.6 Å². The number of rotatable bonds is 6. The van der Waals surface area contributed by atoms with E-state index in [9.17, 15) is 14.7 Å². The molecule has 5 nitrogen and oxygen atoms in total. The summed E-state index contributed by atoms with van der Waals surface area (Å²) in [7, 11) is 0. The van der Waals surface area contributed by atoms with Crippen LogP contribution in [-0.4, -0.2) is 27.9 Å². The topological polar surface area (TPSA) is 79.3 Å². The van der Waals surface area contributed by atoms with Gasteiger partial charge in [0.2, 0.25) is 5.91 Å². The SMILES string of the molecule is O=C(CC1=C(c2ccccc2)CCC1=O)N[C@H](c1ccccn1)C1CC(O)C1. The van der Waals surface area contributed by atoms with Gasteiger partial charge in [0.05, 0.1) is 24.3 Å². The number of aliphatic hydroxyl groups excluding tert-OH is 1. The van der Waals surface area contributed by atoms with E-state index in [0.29, 0.717) is 31.3 Å². The number of benzene rings is 1. The molecule has 0 unspecified atom stereocenters. The van der Waals surface area contributed by atoms with Gasteiger partial charge in [-0.25, -0.2) is 0 Å². The third kappa shape index (κ3) is 3.90. The molecule has 1 fully saturated rings. The molecule has 1 saturated carbocycles. The molecule has 0 aliphatic heterocycles. The molecule has 28 heavy (non-hydrogen) atoms. The van der Waals surface area contributed by atoms with Crippen molar-refractivity contribution in [3.8, 4) is 0 Å². The summed E-state index contributed by atoms with van der Waals surface area (Å²) in [4.78, 5) is 29.6. The smallest absolute Gasteiger partial charge is 0.225 e. The number of hydrogen-bond donors (Lipinski definition) is 2. The quantitative estimate of drug-likeness (QED) is 0.811. The molecule has 144 valence electrons. The first kappa shape index (κ1) is 18.6. The Balaban J connectivity index is 1.52. The van der Waals surface area contributed by atoms with Gasteiger partial charge in [0.15, 0.2) is 5.78 Å². The molecule has 1 atom stereocenters. The molecular weight excluding hydrogens is 352 g/mol. The van der Waals surface area contributed by atoms with Gasteiger partial charge in [-0.15, -0.1) is 0 Å². The van der Waals surface area contributed by atoms with Gasteiger partial charge in [0.1, 0.15) is 0 Å². The average molecular weight is 376 g/mol. The molecule has 1 heterocycles. The fraction of sp³-hybridized carbons (Fsp3) is 0.348. The van der Waals surface area contributed by atoms with Crippen LogP contribution in [0.3, 0.4) is 0 Å². The second kappa shape index (κ2) is 8.07. The molecule has 1 amide bonds. The van der Waals surface area contributed by atoms with Crippen LogP contribution in [0.2, 0.25) is 0 Å². The molecule has 0 bridgehead atoms. The van der Waals surface area contributed by atoms with Gasteiger partial charge < -0.3 is 10.4 Å². The number of carbonyl (C=O) groups is 2. The molecule has 4 rings (SSSR count). The highest BCUT2D eigenvalue weighted by Crippen LogP contribution is 2.38. The summed E-state index contributed by atoms with van der Waals surface area (Å²) in [6.45, 7) is 0. The molecule has 2 aromatic rings. The molecule has 2 N–H and O–H groups in total. The summed E-state index contributed by atoms with van der Waals surface area (Å²) < 4.78 is 0. The standard InChI is InChI=1S/C23H24N2O3/c26-17-12-16(13-17)23(20-8-4-5-11-24-20)25-22(28)14-19-18(9-10-21(19)27)15-6-2-1-3-7-15/h1-8,11,16-17,23,26H,9-10,12-14H2,(H,25,28)/t16?,17?,23-/m0/s1. The van der Waals surface area contributed by atoms with Crippen LogP contribution in [0.5, 0.6) is 0 Å². The van der Waals surface area contributed by atoms with E-state index in [1.165, 1.54) is 0 Å². The van der Waals surface area contributed by atoms with E-state index in [0.717, 1.165) is 16.8 Å². The van der Waals surface area contributed by atoms with E-state index < -0.39 is 0 Å². The Morgan fingerprint density at radius 1 is 1.11 bits per heavy atom. The van der Waals surface area contributed by atoms with Crippen LogP contribution in [0.1, 0.15) is 49.4 Å². The first-order valence-corrected chi connectivity index (χ1v) is 9.81.